The highest BCUT2D eigenvalue weighted by Gasteiger charge is 2.27. The number of rotatable bonds is 2. The van der Waals surface area contributed by atoms with Crippen LogP contribution in [0.15, 0.2) is 22.9 Å². The van der Waals surface area contributed by atoms with E-state index < -0.39 is 0 Å². The van der Waals surface area contributed by atoms with Gasteiger partial charge in [-0.2, -0.15) is 0 Å². The van der Waals surface area contributed by atoms with Crippen LogP contribution >= 0.6 is 15.9 Å². The number of anilines is 1. The zero-order chi connectivity index (χ0) is 12.3. The van der Waals surface area contributed by atoms with Crippen LogP contribution < -0.4 is 10.6 Å². The number of hydrogen-bond acceptors (Lipinski definition) is 3. The van der Waals surface area contributed by atoms with E-state index in [-0.39, 0.29) is 11.9 Å². The Hall–Kier alpha value is -0.940. The highest BCUT2D eigenvalue weighted by atomic mass is 79.9. The predicted molar refractivity (Wildman–Crippen MR) is 70.8 cm³/mol. The molecule has 0 aromatic carbocycles. The number of aromatic nitrogens is 1. The molecule has 1 amide bonds. The molecule has 2 atom stereocenters. The molecule has 2 N–H and O–H groups in total. The fourth-order valence-electron chi connectivity index (χ4n) is 2.09. The van der Waals surface area contributed by atoms with Gasteiger partial charge in [0, 0.05) is 12.4 Å². The molecule has 2 rings (SSSR count). The average Bonchev–Trinajstić information content (AvgIpc) is 2.32. The Kier molecular flexibility index (Phi) is 4.12. The van der Waals surface area contributed by atoms with E-state index in [0.29, 0.717) is 5.92 Å². The lowest BCUT2D eigenvalue weighted by Crippen LogP contribution is -2.48. The Bertz CT molecular complexity index is 410. The van der Waals surface area contributed by atoms with Crippen molar-refractivity contribution >= 4 is 27.5 Å². The summed E-state index contributed by atoms with van der Waals surface area (Å²) >= 11 is 3.37. The average molecular weight is 298 g/mol. The molecule has 1 aromatic rings. The van der Waals surface area contributed by atoms with Gasteiger partial charge < -0.3 is 10.6 Å². The van der Waals surface area contributed by atoms with E-state index in [9.17, 15) is 4.79 Å². The number of carbonyl (C=O) groups excluding carboxylic acids is 1. The minimum Gasteiger partial charge on any atom is -0.324 e. The van der Waals surface area contributed by atoms with Gasteiger partial charge in [-0.3, -0.25) is 9.78 Å². The number of carbonyl (C=O) groups is 1. The molecule has 92 valence electrons. The van der Waals surface area contributed by atoms with Crippen LogP contribution in [0.1, 0.15) is 19.8 Å². The number of hydrogen-bond donors (Lipinski definition) is 2. The van der Waals surface area contributed by atoms with Crippen LogP contribution in [0.2, 0.25) is 0 Å². The van der Waals surface area contributed by atoms with E-state index in [1.54, 1.807) is 18.5 Å². The molecule has 17 heavy (non-hydrogen) atoms. The van der Waals surface area contributed by atoms with Crippen molar-refractivity contribution in [2.45, 2.75) is 25.8 Å². The quantitative estimate of drug-likeness (QED) is 0.880. The number of halogens is 1. The van der Waals surface area contributed by atoms with Gasteiger partial charge in [0.05, 0.1) is 16.2 Å². The highest BCUT2D eigenvalue weighted by Crippen LogP contribution is 2.22. The highest BCUT2D eigenvalue weighted by molar-refractivity contribution is 9.10. The third kappa shape index (κ3) is 3.04. The van der Waals surface area contributed by atoms with Gasteiger partial charge in [0.2, 0.25) is 5.91 Å². The van der Waals surface area contributed by atoms with Crippen LogP contribution in [0.3, 0.4) is 0 Å². The Morgan fingerprint density at radius 3 is 3.18 bits per heavy atom. The fourth-order valence-corrected chi connectivity index (χ4v) is 2.44. The zero-order valence-corrected chi connectivity index (χ0v) is 11.3. The first-order valence-corrected chi connectivity index (χ1v) is 6.61. The molecule has 5 heteroatoms. The maximum absolute atomic E-state index is 12.1. The van der Waals surface area contributed by atoms with Gasteiger partial charge in [0.1, 0.15) is 0 Å². The normalized spacial score (nSPS) is 24.4. The Morgan fingerprint density at radius 1 is 1.65 bits per heavy atom. The predicted octanol–water partition coefficient (Wildman–Crippen LogP) is 2.17. The molecule has 0 radical (unpaired) electrons. The first-order valence-electron chi connectivity index (χ1n) is 5.82. The summed E-state index contributed by atoms with van der Waals surface area (Å²) in [6.07, 6.45) is 5.58. The van der Waals surface area contributed by atoms with Gasteiger partial charge in [-0.1, -0.05) is 6.92 Å². The summed E-state index contributed by atoms with van der Waals surface area (Å²) in [7, 11) is 0. The molecule has 4 nitrogen and oxygen atoms in total. The Balaban J connectivity index is 2.03. The van der Waals surface area contributed by atoms with Crippen LogP contribution in [-0.4, -0.2) is 23.5 Å². The summed E-state index contributed by atoms with van der Waals surface area (Å²) in [6, 6.07) is 1.69. The van der Waals surface area contributed by atoms with E-state index in [4.69, 9.17) is 0 Å². The smallest absolute Gasteiger partial charge is 0.241 e. The number of nitrogens with one attached hydrogen (secondary N) is 2. The topological polar surface area (TPSA) is 54.0 Å². The second kappa shape index (κ2) is 5.60. The largest absolute Gasteiger partial charge is 0.324 e. The molecule has 0 spiro atoms. The van der Waals surface area contributed by atoms with Crippen LogP contribution in [0.4, 0.5) is 5.69 Å². The SMILES string of the molecule is CC1CCCNC1C(=O)Nc1ccncc1Br. The van der Waals surface area contributed by atoms with E-state index in [1.807, 2.05) is 0 Å². The number of nitrogens with zero attached hydrogens (tertiary/aromatic N) is 1. The van der Waals surface area contributed by atoms with Gasteiger partial charge in [-0.25, -0.2) is 0 Å². The molecule has 0 bridgehead atoms. The van der Waals surface area contributed by atoms with Crippen molar-refractivity contribution in [3.63, 3.8) is 0 Å². The summed E-state index contributed by atoms with van der Waals surface area (Å²) in [5.41, 5.74) is 0.768. The second-order valence-electron chi connectivity index (χ2n) is 4.40. The molecule has 1 aliphatic rings. The monoisotopic (exact) mass is 297 g/mol. The van der Waals surface area contributed by atoms with Gasteiger partial charge >= 0.3 is 0 Å². The van der Waals surface area contributed by atoms with E-state index in [2.05, 4.69) is 38.5 Å². The molecule has 0 saturated carbocycles. The minimum atomic E-state index is -0.0937. The zero-order valence-electron chi connectivity index (χ0n) is 9.74. The Labute approximate surface area is 109 Å². The number of piperidine rings is 1. The first-order chi connectivity index (χ1) is 8.18. The maximum Gasteiger partial charge on any atom is 0.241 e. The lowest BCUT2D eigenvalue weighted by Gasteiger charge is -2.29. The molecule has 2 unspecified atom stereocenters. The summed E-state index contributed by atoms with van der Waals surface area (Å²) in [5.74, 6) is 0.411. The summed E-state index contributed by atoms with van der Waals surface area (Å²) in [5, 5.41) is 6.19. The van der Waals surface area contributed by atoms with Crippen molar-refractivity contribution in [1.29, 1.82) is 0 Å². The standard InChI is InChI=1S/C12H16BrN3O/c1-8-3-2-5-15-11(8)12(17)16-10-4-6-14-7-9(10)13/h4,6-8,11,15H,2-3,5H2,1H3,(H,14,16,17). The summed E-state index contributed by atoms with van der Waals surface area (Å²) < 4.78 is 0.803. The van der Waals surface area contributed by atoms with Crippen LogP contribution in [0.5, 0.6) is 0 Å². The van der Waals surface area contributed by atoms with E-state index in [1.165, 1.54) is 0 Å². The third-order valence-corrected chi connectivity index (χ3v) is 3.71. The van der Waals surface area contributed by atoms with Crippen molar-refractivity contribution in [1.82, 2.24) is 10.3 Å². The van der Waals surface area contributed by atoms with Gasteiger partial charge in [-0.15, -0.1) is 0 Å². The molecular formula is C12H16BrN3O. The van der Waals surface area contributed by atoms with E-state index >= 15 is 0 Å². The van der Waals surface area contributed by atoms with Crippen molar-refractivity contribution < 1.29 is 4.79 Å². The van der Waals surface area contributed by atoms with Crippen molar-refractivity contribution in [2.75, 3.05) is 11.9 Å². The lowest BCUT2D eigenvalue weighted by atomic mass is 9.92. The van der Waals surface area contributed by atoms with Crippen molar-refractivity contribution in [3.8, 4) is 0 Å². The van der Waals surface area contributed by atoms with Gasteiger partial charge in [0.25, 0.3) is 0 Å². The molecule has 1 aromatic heterocycles. The van der Waals surface area contributed by atoms with Crippen molar-refractivity contribution in [3.05, 3.63) is 22.9 Å². The molecule has 1 fully saturated rings. The van der Waals surface area contributed by atoms with Crippen LogP contribution in [0, 0.1) is 5.92 Å². The Morgan fingerprint density at radius 2 is 2.47 bits per heavy atom. The van der Waals surface area contributed by atoms with Crippen LogP contribution in [-0.2, 0) is 4.79 Å². The first kappa shape index (κ1) is 12.5. The second-order valence-corrected chi connectivity index (χ2v) is 5.25. The molecule has 1 aliphatic heterocycles. The number of pyridine rings is 1. The third-order valence-electron chi connectivity index (χ3n) is 3.08. The fraction of sp³-hybridized carbons (Fsp3) is 0.500. The van der Waals surface area contributed by atoms with Gasteiger partial charge in [-0.05, 0) is 47.3 Å². The molecule has 2 heterocycles. The minimum absolute atomic E-state index is 0.0316. The number of amides is 1. The van der Waals surface area contributed by atoms with E-state index in [0.717, 1.165) is 29.5 Å². The summed E-state index contributed by atoms with van der Waals surface area (Å²) in [6.45, 7) is 3.03. The molecule has 0 aliphatic carbocycles. The van der Waals surface area contributed by atoms with Crippen LogP contribution in [0.25, 0.3) is 0 Å². The molecular weight excluding hydrogens is 282 g/mol. The van der Waals surface area contributed by atoms with Gasteiger partial charge in [0.15, 0.2) is 0 Å². The molecule has 1 saturated heterocycles. The maximum atomic E-state index is 12.1. The summed E-state index contributed by atoms with van der Waals surface area (Å²) in [4.78, 5) is 16.1. The van der Waals surface area contributed by atoms with Crippen molar-refractivity contribution in [2.24, 2.45) is 5.92 Å². The lowest BCUT2D eigenvalue weighted by molar-refractivity contribution is -0.119.